The fraction of sp³-hybridized carbons (Fsp3) is 0.833. The molecule has 1 saturated carbocycles. The van der Waals surface area contributed by atoms with E-state index in [2.05, 4.69) is 5.92 Å². The molecule has 2 heteroatoms. The molecule has 1 rings (SSSR count). The van der Waals surface area contributed by atoms with Crippen LogP contribution < -0.4 is 5.73 Å². The van der Waals surface area contributed by atoms with Gasteiger partial charge in [0, 0.05) is 6.61 Å². The van der Waals surface area contributed by atoms with Gasteiger partial charge in [-0.15, -0.1) is 6.42 Å². The molecule has 0 bridgehead atoms. The molecule has 0 saturated heterocycles. The monoisotopic (exact) mass is 195 g/mol. The normalized spacial score (nSPS) is 22.6. The van der Waals surface area contributed by atoms with Crippen molar-refractivity contribution in [2.45, 2.75) is 51.2 Å². The van der Waals surface area contributed by atoms with Gasteiger partial charge in [0.2, 0.25) is 0 Å². The van der Waals surface area contributed by atoms with Crippen molar-refractivity contribution in [2.24, 2.45) is 11.7 Å². The van der Waals surface area contributed by atoms with Crippen molar-refractivity contribution in [1.29, 1.82) is 0 Å². The number of hydrogen-bond donors (Lipinski definition) is 1. The first kappa shape index (κ1) is 11.6. The molecule has 0 heterocycles. The van der Waals surface area contributed by atoms with Crippen LogP contribution in [0.1, 0.15) is 39.0 Å². The molecule has 1 fully saturated rings. The smallest absolute Gasteiger partial charge is 0.0930 e. The van der Waals surface area contributed by atoms with E-state index in [4.69, 9.17) is 16.9 Å². The highest BCUT2D eigenvalue weighted by Crippen LogP contribution is 2.28. The average Bonchev–Trinajstić information content (AvgIpc) is 2.26. The van der Waals surface area contributed by atoms with Gasteiger partial charge in [-0.2, -0.15) is 0 Å². The van der Waals surface area contributed by atoms with Gasteiger partial charge in [0.25, 0.3) is 0 Å². The van der Waals surface area contributed by atoms with Gasteiger partial charge in [0.05, 0.1) is 12.1 Å². The molecule has 0 amide bonds. The van der Waals surface area contributed by atoms with E-state index in [9.17, 15) is 0 Å². The zero-order valence-electron chi connectivity index (χ0n) is 9.04. The predicted octanol–water partition coefficient (Wildman–Crippen LogP) is 1.93. The first-order valence-electron chi connectivity index (χ1n) is 5.63. The summed E-state index contributed by atoms with van der Waals surface area (Å²) in [7, 11) is 0. The van der Waals surface area contributed by atoms with E-state index in [1.165, 1.54) is 32.1 Å². The molecule has 80 valence electrons. The minimum atomic E-state index is -0.238. The molecule has 2 unspecified atom stereocenters. The van der Waals surface area contributed by atoms with E-state index in [1.54, 1.807) is 0 Å². The summed E-state index contributed by atoms with van der Waals surface area (Å²) in [4.78, 5) is 0. The van der Waals surface area contributed by atoms with Gasteiger partial charge in [-0.3, -0.25) is 0 Å². The third-order valence-electron chi connectivity index (χ3n) is 3.02. The molecule has 14 heavy (non-hydrogen) atoms. The van der Waals surface area contributed by atoms with E-state index >= 15 is 0 Å². The number of rotatable bonds is 4. The Kier molecular flexibility index (Phi) is 5.00. The van der Waals surface area contributed by atoms with Crippen LogP contribution in [0.3, 0.4) is 0 Å². The Morgan fingerprint density at radius 1 is 1.43 bits per heavy atom. The van der Waals surface area contributed by atoms with Crippen molar-refractivity contribution in [3.63, 3.8) is 0 Å². The molecule has 0 radical (unpaired) electrons. The Bertz CT molecular complexity index is 191. The molecule has 1 aliphatic rings. The molecule has 2 atom stereocenters. The lowest BCUT2D eigenvalue weighted by atomic mass is 9.83. The number of ether oxygens (including phenoxy) is 1. The maximum atomic E-state index is 5.87. The van der Waals surface area contributed by atoms with Crippen LogP contribution in [0.4, 0.5) is 0 Å². The number of terminal acetylenes is 1. The minimum absolute atomic E-state index is 0.0744. The zero-order valence-corrected chi connectivity index (χ0v) is 9.04. The molecule has 0 aromatic heterocycles. The predicted molar refractivity (Wildman–Crippen MR) is 58.8 cm³/mol. The maximum absolute atomic E-state index is 5.87. The highest BCUT2D eigenvalue weighted by Gasteiger charge is 2.27. The van der Waals surface area contributed by atoms with E-state index in [-0.39, 0.29) is 12.1 Å². The van der Waals surface area contributed by atoms with Crippen molar-refractivity contribution in [2.75, 3.05) is 6.61 Å². The Labute approximate surface area is 87.2 Å². The van der Waals surface area contributed by atoms with Crippen molar-refractivity contribution < 1.29 is 4.74 Å². The SMILES string of the molecule is C#CC(N)C(OCC)C1CCCCC1. The van der Waals surface area contributed by atoms with Crippen molar-refractivity contribution in [1.82, 2.24) is 0 Å². The molecule has 2 nitrogen and oxygen atoms in total. The first-order valence-corrected chi connectivity index (χ1v) is 5.63. The lowest BCUT2D eigenvalue weighted by molar-refractivity contribution is 0.00151. The van der Waals surface area contributed by atoms with Crippen LogP contribution in [0.25, 0.3) is 0 Å². The van der Waals surface area contributed by atoms with Gasteiger partial charge in [0.1, 0.15) is 0 Å². The van der Waals surface area contributed by atoms with E-state index in [0.717, 1.165) is 0 Å². The van der Waals surface area contributed by atoms with Crippen molar-refractivity contribution >= 4 is 0 Å². The largest absolute Gasteiger partial charge is 0.376 e. The zero-order chi connectivity index (χ0) is 10.4. The fourth-order valence-electron chi connectivity index (χ4n) is 2.28. The van der Waals surface area contributed by atoms with E-state index < -0.39 is 0 Å². The van der Waals surface area contributed by atoms with Gasteiger partial charge in [0.15, 0.2) is 0 Å². The van der Waals surface area contributed by atoms with Crippen LogP contribution in [0.5, 0.6) is 0 Å². The van der Waals surface area contributed by atoms with Gasteiger partial charge < -0.3 is 10.5 Å². The van der Waals surface area contributed by atoms with Crippen LogP contribution in [-0.4, -0.2) is 18.8 Å². The van der Waals surface area contributed by atoms with Crippen LogP contribution in [0.15, 0.2) is 0 Å². The Hall–Kier alpha value is -0.520. The van der Waals surface area contributed by atoms with Gasteiger partial charge >= 0.3 is 0 Å². The quantitative estimate of drug-likeness (QED) is 0.696. The summed E-state index contributed by atoms with van der Waals surface area (Å²) in [5.41, 5.74) is 5.87. The second-order valence-electron chi connectivity index (χ2n) is 4.01. The van der Waals surface area contributed by atoms with Gasteiger partial charge in [-0.1, -0.05) is 25.2 Å². The van der Waals surface area contributed by atoms with Crippen molar-refractivity contribution in [3.8, 4) is 12.3 Å². The molecule has 2 N–H and O–H groups in total. The lowest BCUT2D eigenvalue weighted by Crippen LogP contribution is -2.41. The third kappa shape index (κ3) is 3.01. The summed E-state index contributed by atoms with van der Waals surface area (Å²) in [6.07, 6.45) is 11.8. The van der Waals surface area contributed by atoms with Gasteiger partial charge in [-0.05, 0) is 25.7 Å². The summed E-state index contributed by atoms with van der Waals surface area (Å²) >= 11 is 0. The number of hydrogen-bond acceptors (Lipinski definition) is 2. The summed E-state index contributed by atoms with van der Waals surface area (Å²) in [6, 6.07) is -0.238. The topological polar surface area (TPSA) is 35.2 Å². The Balaban J connectivity index is 2.51. The summed E-state index contributed by atoms with van der Waals surface area (Å²) in [5, 5.41) is 0. The molecule has 0 aliphatic heterocycles. The Morgan fingerprint density at radius 2 is 2.07 bits per heavy atom. The van der Waals surface area contributed by atoms with Gasteiger partial charge in [-0.25, -0.2) is 0 Å². The van der Waals surface area contributed by atoms with E-state index in [1.807, 2.05) is 6.92 Å². The number of nitrogens with two attached hydrogens (primary N) is 1. The minimum Gasteiger partial charge on any atom is -0.376 e. The second-order valence-corrected chi connectivity index (χ2v) is 4.01. The third-order valence-corrected chi connectivity index (χ3v) is 3.02. The summed E-state index contributed by atoms with van der Waals surface area (Å²) < 4.78 is 5.67. The molecular weight excluding hydrogens is 174 g/mol. The lowest BCUT2D eigenvalue weighted by Gasteiger charge is -2.31. The van der Waals surface area contributed by atoms with Crippen molar-refractivity contribution in [3.05, 3.63) is 0 Å². The van der Waals surface area contributed by atoms with Crippen LogP contribution >= 0.6 is 0 Å². The van der Waals surface area contributed by atoms with Crippen LogP contribution in [0, 0.1) is 18.3 Å². The van der Waals surface area contributed by atoms with Crippen LogP contribution in [-0.2, 0) is 4.74 Å². The Morgan fingerprint density at radius 3 is 2.57 bits per heavy atom. The molecular formula is C12H21NO. The second kappa shape index (κ2) is 6.06. The molecule has 1 aliphatic carbocycles. The molecule has 0 spiro atoms. The summed E-state index contributed by atoms with van der Waals surface area (Å²) in [5.74, 6) is 3.18. The standard InChI is InChI=1S/C12H21NO/c1-3-11(13)12(14-4-2)10-8-6-5-7-9-10/h1,10-12H,4-9,13H2,2H3. The average molecular weight is 195 g/mol. The first-order chi connectivity index (χ1) is 6.79. The highest BCUT2D eigenvalue weighted by molar-refractivity contribution is 5.03. The fourth-order valence-corrected chi connectivity index (χ4v) is 2.28. The van der Waals surface area contributed by atoms with E-state index in [0.29, 0.717) is 12.5 Å². The molecule has 0 aromatic rings. The molecule has 0 aromatic carbocycles. The van der Waals surface area contributed by atoms with Crippen LogP contribution in [0.2, 0.25) is 0 Å². The summed E-state index contributed by atoms with van der Waals surface area (Å²) in [6.45, 7) is 2.70. The highest BCUT2D eigenvalue weighted by atomic mass is 16.5. The maximum Gasteiger partial charge on any atom is 0.0930 e.